The third kappa shape index (κ3) is 1.75. The first-order chi connectivity index (χ1) is 7.41. The molecule has 0 fully saturated rings. The lowest BCUT2D eigenvalue weighted by atomic mass is 10.3. The summed E-state index contributed by atoms with van der Waals surface area (Å²) < 4.78 is 38.8. The van der Waals surface area contributed by atoms with E-state index in [4.69, 9.17) is 0 Å². The number of rotatable bonds is 1. The Balaban J connectivity index is 2.61. The van der Waals surface area contributed by atoms with Gasteiger partial charge in [-0.1, -0.05) is 0 Å². The smallest absolute Gasteiger partial charge is 0.360 e. The zero-order chi connectivity index (χ0) is 11.9. The van der Waals surface area contributed by atoms with Gasteiger partial charge in [0.05, 0.1) is 15.9 Å². The van der Waals surface area contributed by atoms with Crippen molar-refractivity contribution in [3.05, 3.63) is 28.5 Å². The second-order valence-corrected chi connectivity index (χ2v) is 4.01. The highest BCUT2D eigenvalue weighted by molar-refractivity contribution is 9.10. The number of aromatic nitrogens is 3. The normalized spacial score (nSPS) is 12.1. The number of nitrogens with one attached hydrogen (secondary N) is 1. The summed E-state index contributed by atoms with van der Waals surface area (Å²) in [6.07, 6.45) is -2.82. The summed E-state index contributed by atoms with van der Waals surface area (Å²) in [5.41, 5.74) is 0.0364. The SMILES string of the molecule is Cn1nc(C(F)(F)F)c(Br)c1-c1ccc[nH]1. The highest BCUT2D eigenvalue weighted by Crippen LogP contribution is 2.38. The van der Waals surface area contributed by atoms with Crippen LogP contribution in [0.5, 0.6) is 0 Å². The number of alkyl halides is 3. The number of halogens is 4. The molecule has 3 nitrogen and oxygen atoms in total. The molecule has 0 radical (unpaired) electrons. The monoisotopic (exact) mass is 293 g/mol. The minimum atomic E-state index is -4.46. The second-order valence-electron chi connectivity index (χ2n) is 3.22. The molecule has 0 aromatic carbocycles. The molecule has 1 N–H and O–H groups in total. The Hall–Kier alpha value is -1.24. The van der Waals surface area contributed by atoms with Gasteiger partial charge in [0.2, 0.25) is 0 Å². The summed E-state index contributed by atoms with van der Waals surface area (Å²) >= 11 is 2.94. The molecule has 0 saturated carbocycles. The van der Waals surface area contributed by atoms with Gasteiger partial charge in [0, 0.05) is 13.2 Å². The van der Waals surface area contributed by atoms with Crippen molar-refractivity contribution in [2.75, 3.05) is 0 Å². The molecule has 2 rings (SSSR count). The number of hydrogen-bond donors (Lipinski definition) is 1. The molecule has 0 aliphatic heterocycles. The first-order valence-electron chi connectivity index (χ1n) is 4.34. The summed E-state index contributed by atoms with van der Waals surface area (Å²) in [7, 11) is 1.47. The van der Waals surface area contributed by atoms with E-state index in [2.05, 4.69) is 26.0 Å². The third-order valence-electron chi connectivity index (χ3n) is 2.11. The molecule has 0 saturated heterocycles. The van der Waals surface area contributed by atoms with Crippen LogP contribution < -0.4 is 0 Å². The summed E-state index contributed by atoms with van der Waals surface area (Å²) in [5, 5.41) is 3.46. The molecule has 0 unspecified atom stereocenters. The summed E-state index contributed by atoms with van der Waals surface area (Å²) in [4.78, 5) is 2.84. The Morgan fingerprint density at radius 3 is 2.56 bits per heavy atom. The minimum Gasteiger partial charge on any atom is -0.360 e. The van der Waals surface area contributed by atoms with Crippen LogP contribution in [-0.4, -0.2) is 14.8 Å². The van der Waals surface area contributed by atoms with Crippen molar-refractivity contribution in [1.29, 1.82) is 0 Å². The summed E-state index contributed by atoms with van der Waals surface area (Å²) in [6, 6.07) is 3.39. The van der Waals surface area contributed by atoms with Gasteiger partial charge in [-0.2, -0.15) is 18.3 Å². The molecular weight excluding hydrogens is 287 g/mol. The quantitative estimate of drug-likeness (QED) is 0.861. The van der Waals surface area contributed by atoms with E-state index >= 15 is 0 Å². The van der Waals surface area contributed by atoms with E-state index in [1.54, 1.807) is 18.3 Å². The van der Waals surface area contributed by atoms with Crippen LogP contribution in [0.3, 0.4) is 0 Å². The second kappa shape index (κ2) is 3.65. The number of hydrogen-bond acceptors (Lipinski definition) is 1. The lowest BCUT2D eigenvalue weighted by Crippen LogP contribution is -2.07. The zero-order valence-corrected chi connectivity index (χ0v) is 9.72. The molecule has 86 valence electrons. The standard InChI is InChI=1S/C9H7BrF3N3/c1-16-7(5-3-2-4-14-5)6(10)8(15-16)9(11,12)13/h2-4,14H,1H3. The van der Waals surface area contributed by atoms with Crippen LogP contribution in [0.1, 0.15) is 5.69 Å². The predicted octanol–water partition coefficient (Wildman–Crippen LogP) is 3.20. The average molecular weight is 294 g/mol. The van der Waals surface area contributed by atoms with Crippen LogP contribution in [0.15, 0.2) is 22.8 Å². The van der Waals surface area contributed by atoms with E-state index < -0.39 is 11.9 Å². The summed E-state index contributed by atoms with van der Waals surface area (Å²) in [5.74, 6) is 0. The van der Waals surface area contributed by atoms with E-state index in [0.717, 1.165) is 0 Å². The largest absolute Gasteiger partial charge is 0.436 e. The van der Waals surface area contributed by atoms with Gasteiger partial charge in [-0.3, -0.25) is 4.68 Å². The molecule has 0 bridgehead atoms. The van der Waals surface area contributed by atoms with Gasteiger partial charge < -0.3 is 4.98 Å². The molecule has 0 aliphatic rings. The van der Waals surface area contributed by atoms with Crippen LogP contribution in [0.25, 0.3) is 11.4 Å². The van der Waals surface area contributed by atoms with Crippen molar-refractivity contribution < 1.29 is 13.2 Å². The van der Waals surface area contributed by atoms with E-state index in [1.165, 1.54) is 11.7 Å². The van der Waals surface area contributed by atoms with Crippen LogP contribution in [0.2, 0.25) is 0 Å². The van der Waals surface area contributed by atoms with Crippen molar-refractivity contribution in [2.45, 2.75) is 6.18 Å². The van der Waals surface area contributed by atoms with E-state index in [0.29, 0.717) is 11.4 Å². The Morgan fingerprint density at radius 1 is 1.44 bits per heavy atom. The fraction of sp³-hybridized carbons (Fsp3) is 0.222. The van der Waals surface area contributed by atoms with E-state index in [-0.39, 0.29) is 4.47 Å². The van der Waals surface area contributed by atoms with Crippen molar-refractivity contribution in [3.8, 4) is 11.4 Å². The molecule has 2 aromatic rings. The Bertz CT molecular complexity index is 499. The number of aromatic amines is 1. The Morgan fingerprint density at radius 2 is 2.12 bits per heavy atom. The van der Waals surface area contributed by atoms with Gasteiger partial charge in [-0.05, 0) is 28.1 Å². The van der Waals surface area contributed by atoms with Crippen LogP contribution in [-0.2, 0) is 13.2 Å². The third-order valence-corrected chi connectivity index (χ3v) is 2.86. The summed E-state index contributed by atoms with van der Waals surface area (Å²) in [6.45, 7) is 0. The molecule has 0 amide bonds. The molecule has 16 heavy (non-hydrogen) atoms. The van der Waals surface area contributed by atoms with Crippen LogP contribution in [0, 0.1) is 0 Å². The number of H-pyrrole nitrogens is 1. The van der Waals surface area contributed by atoms with Gasteiger partial charge in [-0.25, -0.2) is 0 Å². The van der Waals surface area contributed by atoms with Gasteiger partial charge >= 0.3 is 6.18 Å². The highest BCUT2D eigenvalue weighted by Gasteiger charge is 2.38. The molecule has 0 atom stereocenters. The maximum atomic E-state index is 12.6. The average Bonchev–Trinajstić information content (AvgIpc) is 2.72. The molecule has 2 heterocycles. The number of aryl methyl sites for hydroxylation is 1. The van der Waals surface area contributed by atoms with E-state index in [1.807, 2.05) is 0 Å². The minimum absolute atomic E-state index is 0.0510. The first kappa shape index (κ1) is 11.3. The van der Waals surface area contributed by atoms with Crippen molar-refractivity contribution >= 4 is 15.9 Å². The fourth-order valence-electron chi connectivity index (χ4n) is 1.45. The topological polar surface area (TPSA) is 33.6 Å². The lowest BCUT2D eigenvalue weighted by Gasteiger charge is -2.01. The molecule has 0 spiro atoms. The van der Waals surface area contributed by atoms with Gasteiger partial charge in [0.15, 0.2) is 5.69 Å². The molecule has 2 aromatic heterocycles. The van der Waals surface area contributed by atoms with Gasteiger partial charge in [0.25, 0.3) is 0 Å². The Kier molecular flexibility index (Phi) is 2.57. The lowest BCUT2D eigenvalue weighted by molar-refractivity contribution is -0.142. The van der Waals surface area contributed by atoms with Crippen molar-refractivity contribution in [1.82, 2.24) is 14.8 Å². The van der Waals surface area contributed by atoms with Crippen molar-refractivity contribution in [3.63, 3.8) is 0 Å². The maximum Gasteiger partial charge on any atom is 0.436 e. The molecule has 7 heteroatoms. The zero-order valence-electron chi connectivity index (χ0n) is 8.14. The van der Waals surface area contributed by atoms with Crippen molar-refractivity contribution in [2.24, 2.45) is 7.05 Å². The fourth-order valence-corrected chi connectivity index (χ4v) is 2.22. The van der Waals surface area contributed by atoms with E-state index in [9.17, 15) is 13.2 Å². The first-order valence-corrected chi connectivity index (χ1v) is 5.14. The predicted molar refractivity (Wildman–Crippen MR) is 55.7 cm³/mol. The Labute approximate surface area is 97.4 Å². The van der Waals surface area contributed by atoms with Gasteiger partial charge in [-0.15, -0.1) is 0 Å². The maximum absolute atomic E-state index is 12.6. The van der Waals surface area contributed by atoms with Crippen LogP contribution >= 0.6 is 15.9 Å². The van der Waals surface area contributed by atoms with Crippen LogP contribution in [0.4, 0.5) is 13.2 Å². The number of nitrogens with zero attached hydrogens (tertiary/aromatic N) is 2. The van der Waals surface area contributed by atoms with Gasteiger partial charge in [0.1, 0.15) is 0 Å². The molecule has 0 aliphatic carbocycles. The molecular formula is C9H7BrF3N3. The highest BCUT2D eigenvalue weighted by atomic mass is 79.9.